The van der Waals surface area contributed by atoms with Crippen molar-refractivity contribution < 1.29 is 181 Å². The zero-order chi connectivity index (χ0) is 111. The summed E-state index contributed by atoms with van der Waals surface area (Å²) >= 11 is 0. The van der Waals surface area contributed by atoms with Crippen LogP contribution in [0.5, 0.6) is 0 Å². The van der Waals surface area contributed by atoms with Crippen molar-refractivity contribution in [2.45, 2.75) is 371 Å². The number of carbonyl (C=O) groups is 19. The standard InChI is InChI=1S/3C9H18O2.C7H14O2.C6H12O2.2C5H10O2.12C4H8O2/c3*1-4-9(10)11-7-5-6-8(2)3;1-5-7(2,3)6(8)9-4;1-4-5(2)6(7)8-3;2*1-3-5(6)7-4-2;6*1-3-4(5)6-2;6*1-3-6-4(2)5/h3*8H,4-7H2,1-3H3;5H2,1-4H3;5H,4H2,1-3H3;2*3-4H2,1-2H3;12*3H2,1-2H3. The van der Waals surface area contributed by atoms with E-state index in [-0.39, 0.29) is 125 Å². The summed E-state index contributed by atoms with van der Waals surface area (Å²) in [5, 5.41) is 0. The van der Waals surface area contributed by atoms with E-state index in [1.54, 1.807) is 111 Å². The molecule has 0 fully saturated rings. The predicted octanol–water partition coefficient (Wildman–Crippen LogP) is 18.7. The summed E-state index contributed by atoms with van der Waals surface area (Å²) in [6.07, 6.45) is 13.3. The quantitative estimate of drug-likeness (QED) is 0.0323. The zero-order valence-corrected chi connectivity index (χ0v) is 93.0. The van der Waals surface area contributed by atoms with E-state index in [1.165, 1.54) is 98.4 Å². The Kier molecular flexibility index (Phi) is 187. The lowest BCUT2D eigenvalue weighted by molar-refractivity contribution is -0.151. The molecule has 0 heterocycles. The van der Waals surface area contributed by atoms with Crippen molar-refractivity contribution in [2.24, 2.45) is 29.1 Å². The molecule has 0 radical (unpaired) electrons. The Hall–Kier alpha value is -10.1. The molecule has 0 aromatic carbocycles. The number of carbonyl (C=O) groups excluding carboxylic acids is 19. The normalized spacial score (nSPS) is 8.88. The van der Waals surface area contributed by atoms with E-state index < -0.39 is 0 Å². The van der Waals surface area contributed by atoms with Gasteiger partial charge in [-0.25, -0.2) is 0 Å². The lowest BCUT2D eigenvalue weighted by Gasteiger charge is -2.17. The van der Waals surface area contributed by atoms with Crippen LogP contribution in [0, 0.1) is 29.1 Å². The molecule has 0 aromatic heterocycles. The van der Waals surface area contributed by atoms with Crippen molar-refractivity contribution in [2.75, 3.05) is 130 Å². The second kappa shape index (κ2) is 148. The number of esters is 19. The average Bonchev–Trinajstić information content (AvgIpc) is 0.905. The first kappa shape index (κ1) is 172. The molecule has 136 heavy (non-hydrogen) atoms. The lowest BCUT2D eigenvalue weighted by atomic mass is 9.91. The summed E-state index contributed by atoms with van der Waals surface area (Å²) in [5.41, 5.74) is -0.311. The number of hydrogen-bond donors (Lipinski definition) is 0. The van der Waals surface area contributed by atoms with Crippen molar-refractivity contribution in [3.63, 3.8) is 0 Å². The molecule has 0 aromatic rings. The average molecular weight is 1980 g/mol. The van der Waals surface area contributed by atoms with Gasteiger partial charge in [-0.05, 0) is 138 Å². The van der Waals surface area contributed by atoms with Gasteiger partial charge in [0, 0.05) is 112 Å². The van der Waals surface area contributed by atoms with Crippen LogP contribution < -0.4 is 0 Å². The number of methoxy groups -OCH3 is 8. The van der Waals surface area contributed by atoms with Gasteiger partial charge in [-0.15, -0.1) is 0 Å². The van der Waals surface area contributed by atoms with Gasteiger partial charge in [0.25, 0.3) is 0 Å². The molecule has 0 bridgehead atoms. The smallest absolute Gasteiger partial charge is 0.311 e. The van der Waals surface area contributed by atoms with Crippen molar-refractivity contribution in [3.05, 3.63) is 0 Å². The molecule has 0 saturated carbocycles. The summed E-state index contributed by atoms with van der Waals surface area (Å²) in [4.78, 5) is 192. The minimum atomic E-state index is -0.311. The largest absolute Gasteiger partial charge is 0.469 e. The molecule has 38 heteroatoms. The van der Waals surface area contributed by atoms with Crippen molar-refractivity contribution in [3.8, 4) is 0 Å². The topological polar surface area (TPSA) is 500 Å². The number of ether oxygens (including phenoxy) is 19. The Labute approximate surface area is 820 Å². The maximum Gasteiger partial charge on any atom is 0.311 e. The van der Waals surface area contributed by atoms with Crippen LogP contribution in [0.4, 0.5) is 0 Å². The van der Waals surface area contributed by atoms with Crippen LogP contribution in [0.3, 0.4) is 0 Å². The molecular weight excluding hydrogens is 1790 g/mol. The molecule has 0 spiro atoms. The monoisotopic (exact) mass is 1980 g/mol. The van der Waals surface area contributed by atoms with Crippen LogP contribution in [0.2, 0.25) is 0 Å². The predicted molar refractivity (Wildman–Crippen MR) is 525 cm³/mol. The summed E-state index contributed by atoms with van der Waals surface area (Å²) in [7, 11) is 11.1. The third-order valence-corrected chi connectivity index (χ3v) is 13.6. The Balaban J connectivity index is -0.0000000628. The number of rotatable bonds is 35. The van der Waals surface area contributed by atoms with E-state index in [0.29, 0.717) is 161 Å². The molecule has 816 valence electrons. The van der Waals surface area contributed by atoms with Crippen LogP contribution in [-0.4, -0.2) is 243 Å². The zero-order valence-electron chi connectivity index (χ0n) is 93.0. The van der Waals surface area contributed by atoms with Crippen LogP contribution in [0.25, 0.3) is 0 Å². The van der Waals surface area contributed by atoms with Gasteiger partial charge in [-0.3, -0.25) is 91.1 Å². The minimum absolute atomic E-state index is 0.0556. The minimum Gasteiger partial charge on any atom is -0.469 e. The molecule has 0 aliphatic rings. The van der Waals surface area contributed by atoms with E-state index >= 15 is 0 Å². The highest BCUT2D eigenvalue weighted by Crippen LogP contribution is 2.20. The Morgan fingerprint density at radius 2 is 0.368 bits per heavy atom. The van der Waals surface area contributed by atoms with Gasteiger partial charge in [0.15, 0.2) is 0 Å². The van der Waals surface area contributed by atoms with E-state index in [4.69, 9.17) is 14.2 Å². The molecule has 0 rings (SSSR count). The SMILES string of the molecule is CCC(=O)OC.CCC(=O)OC.CCC(=O)OC.CCC(=O)OC.CCC(=O)OC.CCC(=O)OC.CCC(=O)OCCCC(C)C.CCC(=O)OCCCC(C)C.CCC(=O)OCCCC(C)C.CCC(C)(C)C(=O)OC.CCC(C)C(=O)OC.CCOC(=O)CC.CCOC(=O)CC.CCOC(C)=O.CCOC(C)=O.CCOC(C)=O.CCOC(C)=O.CCOC(C)=O.CCOC(C)=O. The van der Waals surface area contributed by atoms with Crippen molar-refractivity contribution >= 4 is 113 Å². The van der Waals surface area contributed by atoms with E-state index in [9.17, 15) is 91.1 Å². The molecule has 1 unspecified atom stereocenters. The van der Waals surface area contributed by atoms with Crippen molar-refractivity contribution in [1.29, 1.82) is 0 Å². The third-order valence-electron chi connectivity index (χ3n) is 13.6. The summed E-state index contributed by atoms with van der Waals surface area (Å²) in [6, 6.07) is 0. The van der Waals surface area contributed by atoms with Crippen LogP contribution in [0.1, 0.15) is 371 Å². The number of hydrogen-bond acceptors (Lipinski definition) is 38. The summed E-state index contributed by atoms with van der Waals surface area (Å²) in [5.74, 6) is -0.806. The Morgan fingerprint density at radius 1 is 0.213 bits per heavy atom. The Bertz CT molecular complexity index is 2380. The molecule has 0 amide bonds. The van der Waals surface area contributed by atoms with Crippen LogP contribution >= 0.6 is 0 Å². The highest BCUT2D eigenvalue weighted by Gasteiger charge is 2.25. The molecule has 38 nitrogen and oxygen atoms in total. The highest BCUT2D eigenvalue weighted by molar-refractivity contribution is 5.76. The van der Waals surface area contributed by atoms with Gasteiger partial charge >= 0.3 is 113 Å². The highest BCUT2D eigenvalue weighted by atomic mass is 16.6. The van der Waals surface area contributed by atoms with Crippen LogP contribution in [0.15, 0.2) is 0 Å². The molecule has 0 N–H and O–H groups in total. The summed E-state index contributed by atoms with van der Waals surface area (Å²) < 4.78 is 84.8. The lowest BCUT2D eigenvalue weighted by Crippen LogP contribution is -2.24. The molecular formula is C98H196O38. The molecule has 0 aliphatic heterocycles. The Morgan fingerprint density at radius 3 is 0.426 bits per heavy atom. The maximum absolute atomic E-state index is 10.8. The van der Waals surface area contributed by atoms with Gasteiger partial charge in [-0.1, -0.05) is 138 Å². The fourth-order valence-electron chi connectivity index (χ4n) is 5.74. The molecule has 0 aliphatic carbocycles. The van der Waals surface area contributed by atoms with Gasteiger partial charge in [0.2, 0.25) is 0 Å². The van der Waals surface area contributed by atoms with Gasteiger partial charge < -0.3 is 90.0 Å². The first-order valence-corrected chi connectivity index (χ1v) is 46.5. The second-order valence-electron chi connectivity index (χ2n) is 27.3. The van der Waals surface area contributed by atoms with Crippen LogP contribution in [-0.2, 0) is 181 Å². The molecule has 1 atom stereocenters. The fraction of sp³-hybridized carbons (Fsp3) is 0.806. The maximum atomic E-state index is 10.8. The van der Waals surface area contributed by atoms with E-state index in [0.717, 1.165) is 51.4 Å². The molecule has 0 saturated heterocycles. The van der Waals surface area contributed by atoms with E-state index in [2.05, 4.69) is 117 Å². The first-order valence-electron chi connectivity index (χ1n) is 46.5. The third kappa shape index (κ3) is 242. The fourth-order valence-corrected chi connectivity index (χ4v) is 5.74. The van der Waals surface area contributed by atoms with Gasteiger partial charge in [-0.2, -0.15) is 0 Å². The van der Waals surface area contributed by atoms with Crippen molar-refractivity contribution in [1.82, 2.24) is 0 Å². The van der Waals surface area contributed by atoms with Gasteiger partial charge in [0.1, 0.15) is 0 Å². The summed E-state index contributed by atoms with van der Waals surface area (Å²) in [6.45, 7) is 70.3. The first-order chi connectivity index (χ1) is 63.3. The van der Waals surface area contributed by atoms with E-state index in [1.807, 2.05) is 55.4 Å². The van der Waals surface area contributed by atoms with Gasteiger partial charge in [0.05, 0.1) is 141 Å². The second-order valence-corrected chi connectivity index (χ2v) is 27.3.